The van der Waals surface area contributed by atoms with E-state index < -0.39 is 0 Å². The molecule has 2 aromatic carbocycles. The Morgan fingerprint density at radius 2 is 2.00 bits per heavy atom. The van der Waals surface area contributed by atoms with E-state index in [1.807, 2.05) is 36.4 Å². The summed E-state index contributed by atoms with van der Waals surface area (Å²) in [6, 6.07) is 13.1. The fourth-order valence-corrected chi connectivity index (χ4v) is 3.53. The Labute approximate surface area is 151 Å². The molecule has 130 valence electrons. The van der Waals surface area contributed by atoms with Crippen molar-refractivity contribution in [3.8, 4) is 0 Å². The van der Waals surface area contributed by atoms with E-state index >= 15 is 0 Å². The first-order valence-electron chi connectivity index (χ1n) is 8.52. The largest absolute Gasteiger partial charge is 0.465 e. The van der Waals surface area contributed by atoms with Crippen LogP contribution in [0.5, 0.6) is 0 Å². The van der Waals surface area contributed by atoms with Crippen molar-refractivity contribution in [3.63, 3.8) is 0 Å². The third kappa shape index (κ3) is 2.81. The number of aromatic nitrogens is 1. The van der Waals surface area contributed by atoms with Crippen LogP contribution in [0.15, 0.2) is 54.9 Å². The number of nitrogens with one attached hydrogen (secondary N) is 1. The molecule has 0 unspecified atom stereocenters. The average Bonchev–Trinajstić information content (AvgIpc) is 3.08. The van der Waals surface area contributed by atoms with Crippen molar-refractivity contribution in [2.24, 2.45) is 0 Å². The van der Waals surface area contributed by atoms with E-state index in [-0.39, 0.29) is 17.9 Å². The number of hydrogen-bond donors (Lipinski definition) is 1. The highest BCUT2D eigenvalue weighted by molar-refractivity contribution is 6.06. The Morgan fingerprint density at radius 1 is 1.15 bits per heavy atom. The first-order valence-corrected chi connectivity index (χ1v) is 8.52. The minimum Gasteiger partial charge on any atom is -0.465 e. The summed E-state index contributed by atoms with van der Waals surface area (Å²) >= 11 is 0. The van der Waals surface area contributed by atoms with E-state index in [1.165, 1.54) is 7.11 Å². The second kappa shape index (κ2) is 6.59. The third-order valence-electron chi connectivity index (χ3n) is 4.86. The number of nitrogens with zero attached hydrogens (tertiary/aromatic N) is 1. The smallest absolute Gasteiger partial charge is 0.337 e. The van der Waals surface area contributed by atoms with Crippen molar-refractivity contribution in [2.45, 2.75) is 18.9 Å². The van der Waals surface area contributed by atoms with Crippen LogP contribution in [0.2, 0.25) is 0 Å². The maximum absolute atomic E-state index is 12.9. The number of carbonyl (C=O) groups excluding carboxylic acids is 2. The highest BCUT2D eigenvalue weighted by Gasteiger charge is 2.26. The molecule has 1 N–H and O–H groups in total. The normalized spacial score (nSPS) is 15.5. The van der Waals surface area contributed by atoms with Crippen molar-refractivity contribution in [3.05, 3.63) is 77.1 Å². The van der Waals surface area contributed by atoms with Crippen molar-refractivity contribution < 1.29 is 14.3 Å². The van der Waals surface area contributed by atoms with Crippen molar-refractivity contribution in [1.82, 2.24) is 10.3 Å². The predicted molar refractivity (Wildman–Crippen MR) is 98.1 cm³/mol. The van der Waals surface area contributed by atoms with Crippen LogP contribution in [0, 0.1) is 0 Å². The molecule has 5 heteroatoms. The number of hydrogen-bond acceptors (Lipinski definition) is 4. The van der Waals surface area contributed by atoms with E-state index in [0.717, 1.165) is 34.7 Å². The maximum atomic E-state index is 12.9. The van der Waals surface area contributed by atoms with Crippen LogP contribution < -0.4 is 5.32 Å². The van der Waals surface area contributed by atoms with Gasteiger partial charge in [-0.2, -0.15) is 0 Å². The van der Waals surface area contributed by atoms with E-state index in [0.29, 0.717) is 11.1 Å². The van der Waals surface area contributed by atoms with Crippen LogP contribution in [-0.4, -0.2) is 24.0 Å². The van der Waals surface area contributed by atoms with Gasteiger partial charge in [-0.05, 0) is 41.5 Å². The summed E-state index contributed by atoms with van der Waals surface area (Å²) in [4.78, 5) is 28.8. The molecular weight excluding hydrogens is 328 g/mol. The Balaban J connectivity index is 1.63. The lowest BCUT2D eigenvalue weighted by atomic mass is 10.0. The second-order valence-corrected chi connectivity index (χ2v) is 6.38. The number of rotatable bonds is 3. The van der Waals surface area contributed by atoms with Gasteiger partial charge in [0.05, 0.1) is 24.3 Å². The highest BCUT2D eigenvalue weighted by atomic mass is 16.5. The number of esters is 1. The van der Waals surface area contributed by atoms with E-state index in [1.54, 1.807) is 18.5 Å². The van der Waals surface area contributed by atoms with Gasteiger partial charge < -0.3 is 10.1 Å². The lowest BCUT2D eigenvalue weighted by Gasteiger charge is -2.15. The van der Waals surface area contributed by atoms with Crippen LogP contribution in [0.25, 0.3) is 10.8 Å². The minimum absolute atomic E-state index is 0.124. The number of aryl methyl sites for hydroxylation is 1. The summed E-state index contributed by atoms with van der Waals surface area (Å²) in [7, 11) is 1.36. The van der Waals surface area contributed by atoms with Crippen LogP contribution in [0.4, 0.5) is 0 Å². The first-order chi connectivity index (χ1) is 12.7. The summed E-state index contributed by atoms with van der Waals surface area (Å²) in [5.41, 5.74) is 3.19. The summed E-state index contributed by atoms with van der Waals surface area (Å²) in [6.07, 6.45) is 5.03. The molecule has 1 atom stereocenters. The number of benzene rings is 2. The van der Waals surface area contributed by atoms with Gasteiger partial charge in [-0.3, -0.25) is 9.78 Å². The van der Waals surface area contributed by atoms with Gasteiger partial charge in [-0.25, -0.2) is 4.79 Å². The monoisotopic (exact) mass is 346 g/mol. The minimum atomic E-state index is -0.372. The molecule has 1 aromatic heterocycles. The van der Waals surface area contributed by atoms with E-state index in [2.05, 4.69) is 10.3 Å². The lowest BCUT2D eigenvalue weighted by Crippen LogP contribution is -2.27. The van der Waals surface area contributed by atoms with Gasteiger partial charge in [0, 0.05) is 17.8 Å². The fourth-order valence-electron chi connectivity index (χ4n) is 3.53. The summed E-state index contributed by atoms with van der Waals surface area (Å²) < 4.78 is 4.80. The highest BCUT2D eigenvalue weighted by Crippen LogP contribution is 2.32. The van der Waals surface area contributed by atoms with Crippen LogP contribution >= 0.6 is 0 Å². The van der Waals surface area contributed by atoms with Gasteiger partial charge in [0.2, 0.25) is 0 Å². The van der Waals surface area contributed by atoms with Crippen LogP contribution in [0.3, 0.4) is 0 Å². The zero-order chi connectivity index (χ0) is 18.1. The molecule has 1 aliphatic carbocycles. The van der Waals surface area contributed by atoms with Crippen LogP contribution in [0.1, 0.15) is 44.3 Å². The summed E-state index contributed by atoms with van der Waals surface area (Å²) in [5, 5.41) is 4.90. The molecule has 0 aliphatic heterocycles. The van der Waals surface area contributed by atoms with E-state index in [4.69, 9.17) is 4.74 Å². The van der Waals surface area contributed by atoms with Gasteiger partial charge in [0.15, 0.2) is 0 Å². The number of carbonyl (C=O) groups is 2. The molecule has 0 saturated carbocycles. The van der Waals surface area contributed by atoms with Gasteiger partial charge in [-0.1, -0.05) is 30.3 Å². The Bertz CT molecular complexity index is 1010. The molecule has 5 nitrogen and oxygen atoms in total. The van der Waals surface area contributed by atoms with Crippen LogP contribution in [-0.2, 0) is 11.2 Å². The fraction of sp³-hybridized carbons (Fsp3) is 0.190. The summed E-state index contributed by atoms with van der Waals surface area (Å²) in [5.74, 6) is -0.529. The van der Waals surface area contributed by atoms with Crippen molar-refractivity contribution >= 4 is 22.6 Å². The number of amides is 1. The quantitative estimate of drug-likeness (QED) is 0.738. The molecular formula is C21H18N2O3. The van der Waals surface area contributed by atoms with Gasteiger partial charge in [0.1, 0.15) is 0 Å². The zero-order valence-corrected chi connectivity index (χ0v) is 14.4. The molecule has 1 amide bonds. The Kier molecular flexibility index (Phi) is 4.13. The molecule has 0 radical (unpaired) electrons. The Morgan fingerprint density at radius 3 is 2.85 bits per heavy atom. The molecule has 0 fully saturated rings. The molecule has 1 heterocycles. The molecule has 0 bridgehead atoms. The second-order valence-electron chi connectivity index (χ2n) is 6.38. The molecule has 1 aliphatic rings. The summed E-state index contributed by atoms with van der Waals surface area (Å²) in [6.45, 7) is 0. The van der Waals surface area contributed by atoms with Gasteiger partial charge >= 0.3 is 5.97 Å². The molecule has 0 saturated heterocycles. The zero-order valence-electron chi connectivity index (χ0n) is 14.4. The third-order valence-corrected chi connectivity index (χ3v) is 4.86. The molecule has 26 heavy (non-hydrogen) atoms. The molecule has 0 spiro atoms. The number of methoxy groups -OCH3 is 1. The Hall–Kier alpha value is -3.21. The van der Waals surface area contributed by atoms with Crippen molar-refractivity contribution in [1.29, 1.82) is 0 Å². The first kappa shape index (κ1) is 16.3. The molecule has 3 aromatic rings. The SMILES string of the molecule is COC(=O)c1ccc2c(c1)[C@H](NC(=O)c1cncc3ccccc13)CC2. The lowest BCUT2D eigenvalue weighted by molar-refractivity contribution is 0.0600. The average molecular weight is 346 g/mol. The number of fused-ring (bicyclic) bond motifs is 2. The maximum Gasteiger partial charge on any atom is 0.337 e. The topological polar surface area (TPSA) is 68.3 Å². The van der Waals surface area contributed by atoms with Crippen molar-refractivity contribution in [2.75, 3.05) is 7.11 Å². The number of pyridine rings is 1. The standard InChI is InChI=1S/C21H18N2O3/c1-26-21(25)14-7-6-13-8-9-19(17(13)10-14)23-20(24)18-12-22-11-15-4-2-3-5-16(15)18/h2-7,10-12,19H,8-9H2,1H3,(H,23,24)/t19-/m1/s1. The van der Waals surface area contributed by atoms with Gasteiger partial charge in [0.25, 0.3) is 5.91 Å². The predicted octanol–water partition coefficient (Wildman–Crippen LogP) is 3.44. The molecule has 4 rings (SSSR count). The van der Waals surface area contributed by atoms with E-state index in [9.17, 15) is 9.59 Å². The van der Waals surface area contributed by atoms with Gasteiger partial charge in [-0.15, -0.1) is 0 Å². The number of ether oxygens (including phenoxy) is 1.